The lowest BCUT2D eigenvalue weighted by Crippen LogP contribution is -2.16. The van der Waals surface area contributed by atoms with Crippen molar-refractivity contribution in [2.45, 2.75) is 26.6 Å². The summed E-state index contributed by atoms with van der Waals surface area (Å²) in [4.78, 5) is 0. The van der Waals surface area contributed by atoms with Crippen molar-refractivity contribution in [3.8, 4) is 11.5 Å². The van der Waals surface area contributed by atoms with Gasteiger partial charge in [-0.3, -0.25) is 0 Å². The van der Waals surface area contributed by atoms with Gasteiger partial charge in [0.05, 0.1) is 0 Å². The van der Waals surface area contributed by atoms with Crippen LogP contribution in [0.15, 0.2) is 18.2 Å². The molecule has 74 valence electrons. The molecule has 0 aliphatic rings. The second-order valence-electron chi connectivity index (χ2n) is 4.46. The molecule has 0 spiro atoms. The van der Waals surface area contributed by atoms with Crippen molar-refractivity contribution in [3.63, 3.8) is 0 Å². The largest absolute Gasteiger partial charge is 0.129 e. The number of benzene rings is 1. The SMILES string of the molecule is Cc1cc(I)ccc1C#C[Si](C)(C)C. The summed E-state index contributed by atoms with van der Waals surface area (Å²) < 4.78 is 1.28. The van der Waals surface area contributed by atoms with E-state index in [-0.39, 0.29) is 0 Å². The van der Waals surface area contributed by atoms with Crippen LogP contribution >= 0.6 is 22.6 Å². The fourth-order valence-electron chi connectivity index (χ4n) is 1.02. The Labute approximate surface area is 101 Å². The zero-order valence-electron chi connectivity index (χ0n) is 9.11. The van der Waals surface area contributed by atoms with Crippen LogP contribution in [0.3, 0.4) is 0 Å². The Balaban J connectivity index is 3.02. The first-order valence-electron chi connectivity index (χ1n) is 4.68. The second kappa shape index (κ2) is 4.50. The molecule has 2 heteroatoms. The Morgan fingerprint density at radius 2 is 1.86 bits per heavy atom. The fraction of sp³-hybridized carbons (Fsp3) is 0.333. The normalized spacial score (nSPS) is 10.6. The molecule has 0 radical (unpaired) electrons. The topological polar surface area (TPSA) is 0 Å². The Hall–Kier alpha value is -0.273. The Morgan fingerprint density at radius 1 is 1.21 bits per heavy atom. The summed E-state index contributed by atoms with van der Waals surface area (Å²) in [6.45, 7) is 8.92. The first kappa shape index (κ1) is 11.8. The number of hydrogen-bond acceptors (Lipinski definition) is 0. The number of halogens is 1. The van der Waals surface area contributed by atoms with E-state index in [0.29, 0.717) is 0 Å². The Bertz CT molecular complexity index is 391. The molecule has 0 aliphatic carbocycles. The number of hydrogen-bond donors (Lipinski definition) is 0. The molecule has 1 aromatic carbocycles. The highest BCUT2D eigenvalue weighted by Crippen LogP contribution is 2.12. The third-order valence-electron chi connectivity index (χ3n) is 1.76. The molecule has 0 amide bonds. The smallest absolute Gasteiger partial charge is 0.127 e. The third kappa shape index (κ3) is 3.85. The summed E-state index contributed by atoms with van der Waals surface area (Å²) in [5.74, 6) is 3.29. The molecule has 0 bridgehead atoms. The molecular weight excluding hydrogens is 299 g/mol. The zero-order chi connectivity index (χ0) is 10.8. The first-order chi connectivity index (χ1) is 6.38. The highest BCUT2D eigenvalue weighted by Gasteiger charge is 2.07. The lowest BCUT2D eigenvalue weighted by atomic mass is 10.1. The monoisotopic (exact) mass is 314 g/mol. The highest BCUT2D eigenvalue weighted by atomic mass is 127. The summed E-state index contributed by atoms with van der Waals surface area (Å²) in [5.41, 5.74) is 5.84. The Kier molecular flexibility index (Phi) is 3.79. The van der Waals surface area contributed by atoms with Gasteiger partial charge in [0.1, 0.15) is 8.07 Å². The standard InChI is InChI=1S/C12H15ISi/c1-10-9-12(13)6-5-11(10)7-8-14(2,3)4/h5-6,9H,1-4H3. The van der Waals surface area contributed by atoms with Crippen molar-refractivity contribution >= 4 is 30.7 Å². The maximum atomic E-state index is 3.38. The summed E-state index contributed by atoms with van der Waals surface area (Å²) in [7, 11) is -1.24. The molecular formula is C12H15ISi. The van der Waals surface area contributed by atoms with E-state index in [1.165, 1.54) is 14.7 Å². The van der Waals surface area contributed by atoms with Crippen molar-refractivity contribution in [1.29, 1.82) is 0 Å². The van der Waals surface area contributed by atoms with Gasteiger partial charge in [0.2, 0.25) is 0 Å². The molecule has 0 N–H and O–H groups in total. The van der Waals surface area contributed by atoms with Gasteiger partial charge >= 0.3 is 0 Å². The number of rotatable bonds is 0. The van der Waals surface area contributed by atoms with Crippen LogP contribution in [-0.4, -0.2) is 8.07 Å². The molecule has 14 heavy (non-hydrogen) atoms. The van der Waals surface area contributed by atoms with E-state index in [9.17, 15) is 0 Å². The molecule has 0 heterocycles. The average Bonchev–Trinajstić information content (AvgIpc) is 2.00. The molecule has 1 rings (SSSR count). The number of aryl methyl sites for hydroxylation is 1. The lowest BCUT2D eigenvalue weighted by Gasteiger charge is -2.04. The predicted molar refractivity (Wildman–Crippen MR) is 74.1 cm³/mol. The molecule has 0 saturated carbocycles. The van der Waals surface area contributed by atoms with Crippen LogP contribution < -0.4 is 0 Å². The summed E-state index contributed by atoms with van der Waals surface area (Å²) in [6, 6.07) is 6.40. The van der Waals surface area contributed by atoms with Gasteiger partial charge in [0.15, 0.2) is 0 Å². The molecule has 0 aliphatic heterocycles. The van der Waals surface area contributed by atoms with E-state index in [2.05, 4.69) is 78.8 Å². The summed E-state index contributed by atoms with van der Waals surface area (Å²) in [6.07, 6.45) is 0. The molecule has 0 fully saturated rings. The maximum Gasteiger partial charge on any atom is 0.129 e. The first-order valence-corrected chi connectivity index (χ1v) is 9.26. The van der Waals surface area contributed by atoms with E-state index in [1.807, 2.05) is 0 Å². The van der Waals surface area contributed by atoms with E-state index in [0.717, 1.165) is 0 Å². The van der Waals surface area contributed by atoms with Gasteiger partial charge in [-0.15, -0.1) is 5.54 Å². The van der Waals surface area contributed by atoms with Crippen molar-refractivity contribution in [3.05, 3.63) is 32.9 Å². The van der Waals surface area contributed by atoms with Crippen molar-refractivity contribution in [2.24, 2.45) is 0 Å². The maximum absolute atomic E-state index is 3.38. The van der Waals surface area contributed by atoms with Crippen molar-refractivity contribution in [2.75, 3.05) is 0 Å². The zero-order valence-corrected chi connectivity index (χ0v) is 12.3. The summed E-state index contributed by atoms with van der Waals surface area (Å²) >= 11 is 2.33. The molecule has 1 aromatic rings. The highest BCUT2D eigenvalue weighted by molar-refractivity contribution is 14.1. The predicted octanol–water partition coefficient (Wildman–Crippen LogP) is 3.83. The molecule has 0 atom stereocenters. The van der Waals surface area contributed by atoms with Gasteiger partial charge in [-0.25, -0.2) is 0 Å². The average molecular weight is 314 g/mol. The van der Waals surface area contributed by atoms with E-state index >= 15 is 0 Å². The lowest BCUT2D eigenvalue weighted by molar-refractivity contribution is 1.42. The van der Waals surface area contributed by atoms with Gasteiger partial charge in [-0.1, -0.05) is 25.6 Å². The van der Waals surface area contributed by atoms with Gasteiger partial charge in [0.25, 0.3) is 0 Å². The van der Waals surface area contributed by atoms with Crippen LogP contribution in [0.25, 0.3) is 0 Å². The second-order valence-corrected chi connectivity index (χ2v) is 10.5. The molecule has 0 nitrogen and oxygen atoms in total. The third-order valence-corrected chi connectivity index (χ3v) is 3.31. The van der Waals surface area contributed by atoms with Gasteiger partial charge in [0, 0.05) is 9.13 Å². The van der Waals surface area contributed by atoms with E-state index in [1.54, 1.807) is 0 Å². The van der Waals surface area contributed by atoms with Crippen LogP contribution in [0.1, 0.15) is 11.1 Å². The van der Waals surface area contributed by atoms with Crippen LogP contribution in [0.4, 0.5) is 0 Å². The van der Waals surface area contributed by atoms with Crippen LogP contribution in [0.2, 0.25) is 19.6 Å². The minimum atomic E-state index is -1.24. The van der Waals surface area contributed by atoms with Crippen molar-refractivity contribution in [1.82, 2.24) is 0 Å². The molecule has 0 saturated heterocycles. The van der Waals surface area contributed by atoms with Gasteiger partial charge < -0.3 is 0 Å². The van der Waals surface area contributed by atoms with E-state index in [4.69, 9.17) is 0 Å². The van der Waals surface area contributed by atoms with Crippen LogP contribution in [-0.2, 0) is 0 Å². The van der Waals surface area contributed by atoms with Gasteiger partial charge in [-0.2, -0.15) is 0 Å². The minimum Gasteiger partial charge on any atom is -0.127 e. The van der Waals surface area contributed by atoms with Crippen LogP contribution in [0.5, 0.6) is 0 Å². The minimum absolute atomic E-state index is 1.17. The van der Waals surface area contributed by atoms with Crippen LogP contribution in [0, 0.1) is 22.0 Å². The van der Waals surface area contributed by atoms with Crippen molar-refractivity contribution < 1.29 is 0 Å². The molecule has 0 aromatic heterocycles. The quantitative estimate of drug-likeness (QED) is 0.388. The summed E-state index contributed by atoms with van der Waals surface area (Å²) in [5, 5.41) is 0. The Morgan fingerprint density at radius 3 is 2.36 bits per heavy atom. The fourth-order valence-corrected chi connectivity index (χ4v) is 2.18. The van der Waals surface area contributed by atoms with E-state index < -0.39 is 8.07 Å². The van der Waals surface area contributed by atoms with Gasteiger partial charge in [-0.05, 0) is 53.3 Å². The molecule has 0 unspecified atom stereocenters.